The van der Waals surface area contributed by atoms with Crippen LogP contribution in [-0.4, -0.2) is 103 Å². The number of allylic oxidation sites excluding steroid dienone is 1. The maximum absolute atomic E-state index is 14.3. The van der Waals surface area contributed by atoms with E-state index in [1.54, 1.807) is 24.3 Å². The van der Waals surface area contributed by atoms with Gasteiger partial charge in [-0.1, -0.05) is 74.5 Å². The highest BCUT2D eigenvalue weighted by atomic mass is 19.1. The van der Waals surface area contributed by atoms with E-state index in [0.29, 0.717) is 11.3 Å². The number of halogens is 1. The van der Waals surface area contributed by atoms with Gasteiger partial charge in [-0.15, -0.1) is 0 Å². The van der Waals surface area contributed by atoms with Crippen molar-refractivity contribution in [2.45, 2.75) is 88.0 Å². The van der Waals surface area contributed by atoms with Gasteiger partial charge in [-0.05, 0) is 54.2 Å². The van der Waals surface area contributed by atoms with Crippen LogP contribution in [0.3, 0.4) is 0 Å². The number of nitrogens with zero attached hydrogens (tertiary/aromatic N) is 1. The maximum Gasteiger partial charge on any atom is 0.335 e. The van der Waals surface area contributed by atoms with E-state index in [2.05, 4.69) is 5.32 Å². The second kappa shape index (κ2) is 17.4. The Bertz CT molecular complexity index is 1740. The minimum atomic E-state index is -1.98. The van der Waals surface area contributed by atoms with E-state index in [1.807, 2.05) is 67.3 Å². The van der Waals surface area contributed by atoms with Crippen molar-refractivity contribution >= 4 is 23.5 Å². The molecule has 1 amide bonds. The van der Waals surface area contributed by atoms with Crippen LogP contribution in [0.2, 0.25) is 0 Å². The van der Waals surface area contributed by atoms with Gasteiger partial charge in [0.1, 0.15) is 24.1 Å². The number of hydrogen-bond donors (Lipinski definition) is 7. The Balaban J connectivity index is 1.35. The van der Waals surface area contributed by atoms with E-state index in [0.717, 1.165) is 16.8 Å². The number of aliphatic hydroxyl groups is 5. The Morgan fingerprint density at radius 3 is 2.08 bits per heavy atom. The second-order valence-corrected chi connectivity index (χ2v) is 13.6. The summed E-state index contributed by atoms with van der Waals surface area (Å²) in [6.45, 7) is 4.13. The average Bonchev–Trinajstić information content (AvgIpc) is 3.47. The molecular weight excluding hydrogens is 691 g/mol. The molecule has 7 N–H and O–H groups in total. The number of aliphatic carboxylic acids is 1. The lowest BCUT2D eigenvalue weighted by atomic mass is 9.82. The van der Waals surface area contributed by atoms with Crippen LogP contribution in [0, 0.1) is 11.7 Å². The fraction of sp³-hybridized carbons (Fsp3) is 0.410. The number of anilines is 1. The minimum Gasteiger partial charge on any atom is -0.479 e. The summed E-state index contributed by atoms with van der Waals surface area (Å²) in [5, 5.41) is 64.0. The van der Waals surface area contributed by atoms with Crippen LogP contribution in [0.1, 0.15) is 56.2 Å². The van der Waals surface area contributed by atoms with Crippen LogP contribution in [0.5, 0.6) is 0 Å². The standard InChI is InChI=1S/C39H45FN2O11/c1-21(2)31-30(37(49)41-25-11-7-4-8-12-25)29(22-9-5-3-6-10-22)32(23-13-15-24(40)16-14-23)42(31)18-17-26(43)19-27(44)20-28(45)52-39-35(48)33(46)34(47)36(53-39)38(50)51/h3-16,21,26-27,29,32-36,39,43-44,46-48H,17-20H2,1-2H3,(H,41,49)(H,50,51)/t26-,27-,29+,32+,33+,34+,35-,36+,39-/m1/s1. The van der Waals surface area contributed by atoms with Gasteiger partial charge in [0.05, 0.1) is 24.7 Å². The molecule has 0 saturated carbocycles. The average molecular weight is 737 g/mol. The van der Waals surface area contributed by atoms with Crippen molar-refractivity contribution in [3.63, 3.8) is 0 Å². The number of carboxylic acid groups (broad SMARTS) is 1. The molecule has 14 heteroatoms. The first-order chi connectivity index (χ1) is 25.3. The lowest BCUT2D eigenvalue weighted by molar-refractivity contribution is -0.286. The monoisotopic (exact) mass is 736 g/mol. The zero-order chi connectivity index (χ0) is 38.4. The number of hydrogen-bond acceptors (Lipinski definition) is 11. The molecule has 284 valence electrons. The van der Waals surface area contributed by atoms with Gasteiger partial charge in [0.2, 0.25) is 6.29 Å². The molecule has 0 bridgehead atoms. The van der Waals surface area contributed by atoms with Crippen molar-refractivity contribution in [1.82, 2.24) is 4.90 Å². The summed E-state index contributed by atoms with van der Waals surface area (Å²) in [5.41, 5.74) is 3.47. The smallest absolute Gasteiger partial charge is 0.335 e. The van der Waals surface area contributed by atoms with E-state index in [-0.39, 0.29) is 31.2 Å². The first-order valence-electron chi connectivity index (χ1n) is 17.4. The van der Waals surface area contributed by atoms with Gasteiger partial charge in [-0.25, -0.2) is 9.18 Å². The first kappa shape index (κ1) is 39.5. The van der Waals surface area contributed by atoms with Gasteiger partial charge in [-0.2, -0.15) is 0 Å². The third-order valence-corrected chi connectivity index (χ3v) is 9.45. The van der Waals surface area contributed by atoms with Crippen molar-refractivity contribution in [2.24, 2.45) is 5.92 Å². The zero-order valence-electron chi connectivity index (χ0n) is 29.2. The van der Waals surface area contributed by atoms with E-state index in [9.17, 15) is 49.4 Å². The van der Waals surface area contributed by atoms with Gasteiger partial charge >= 0.3 is 11.9 Å². The molecule has 3 aromatic rings. The lowest BCUT2D eigenvalue weighted by Gasteiger charge is -2.38. The quantitative estimate of drug-likeness (QED) is 0.119. The van der Waals surface area contributed by atoms with Crippen molar-refractivity contribution in [1.29, 1.82) is 0 Å². The fourth-order valence-electron chi connectivity index (χ4n) is 7.05. The molecule has 1 fully saturated rings. The van der Waals surface area contributed by atoms with Gasteiger partial charge in [0, 0.05) is 29.4 Å². The van der Waals surface area contributed by atoms with Crippen molar-refractivity contribution in [3.05, 3.63) is 113 Å². The highest BCUT2D eigenvalue weighted by Crippen LogP contribution is 2.51. The summed E-state index contributed by atoms with van der Waals surface area (Å²) in [6.07, 6.45) is -13.2. The maximum atomic E-state index is 14.3. The number of carboxylic acids is 1. The molecule has 2 aliphatic heterocycles. The predicted octanol–water partition coefficient (Wildman–Crippen LogP) is 2.84. The number of nitrogens with one attached hydrogen (secondary N) is 1. The minimum absolute atomic E-state index is 0.0872. The third-order valence-electron chi connectivity index (χ3n) is 9.45. The van der Waals surface area contributed by atoms with Crippen molar-refractivity contribution in [3.8, 4) is 0 Å². The molecule has 2 heterocycles. The number of aliphatic hydroxyl groups excluding tert-OH is 5. The molecule has 1 saturated heterocycles. The molecule has 0 unspecified atom stereocenters. The molecule has 13 nitrogen and oxygen atoms in total. The molecule has 9 atom stereocenters. The highest BCUT2D eigenvalue weighted by molar-refractivity contribution is 6.06. The van der Waals surface area contributed by atoms with Crippen molar-refractivity contribution in [2.75, 3.05) is 11.9 Å². The number of rotatable bonds is 14. The number of carbonyl (C=O) groups excluding carboxylic acids is 2. The zero-order valence-corrected chi connectivity index (χ0v) is 29.2. The number of amides is 1. The Kier molecular flexibility index (Phi) is 13.0. The summed E-state index contributed by atoms with van der Waals surface area (Å²) in [7, 11) is 0. The Hall–Kier alpha value is -4.70. The molecule has 0 radical (unpaired) electrons. The third kappa shape index (κ3) is 9.27. The molecule has 0 aromatic heterocycles. The molecule has 53 heavy (non-hydrogen) atoms. The Labute approximate surface area is 305 Å². The number of para-hydroxylation sites is 1. The Morgan fingerprint density at radius 1 is 0.849 bits per heavy atom. The van der Waals surface area contributed by atoms with E-state index in [1.165, 1.54) is 12.1 Å². The van der Waals surface area contributed by atoms with Gasteiger partial charge in [0.25, 0.3) is 5.91 Å². The predicted molar refractivity (Wildman–Crippen MR) is 188 cm³/mol. The van der Waals surface area contributed by atoms with Gasteiger partial charge < -0.3 is 50.3 Å². The van der Waals surface area contributed by atoms with Gasteiger partial charge in [0.15, 0.2) is 6.10 Å². The van der Waals surface area contributed by atoms with Gasteiger partial charge in [-0.3, -0.25) is 9.59 Å². The van der Waals surface area contributed by atoms with Crippen LogP contribution in [-0.2, 0) is 23.9 Å². The largest absolute Gasteiger partial charge is 0.479 e. The molecule has 3 aromatic carbocycles. The fourth-order valence-corrected chi connectivity index (χ4v) is 7.05. The molecule has 0 aliphatic carbocycles. The normalized spacial score (nSPS) is 25.6. The molecule has 2 aliphatic rings. The van der Waals surface area contributed by atoms with Crippen molar-refractivity contribution < 1.29 is 58.9 Å². The summed E-state index contributed by atoms with van der Waals surface area (Å²) in [6, 6.07) is 24.2. The number of esters is 1. The molecule has 5 rings (SSSR count). The summed E-state index contributed by atoms with van der Waals surface area (Å²) in [5.74, 6) is -4.14. The molecule has 0 spiro atoms. The molecular formula is C39H45FN2O11. The van der Waals surface area contributed by atoms with E-state index < -0.39 is 79.1 Å². The topological polar surface area (TPSA) is 206 Å². The van der Waals surface area contributed by atoms with Crippen LogP contribution in [0.15, 0.2) is 96.2 Å². The summed E-state index contributed by atoms with van der Waals surface area (Å²) >= 11 is 0. The number of benzene rings is 3. The van der Waals surface area contributed by atoms with E-state index >= 15 is 0 Å². The van der Waals surface area contributed by atoms with Crippen LogP contribution in [0.25, 0.3) is 0 Å². The lowest BCUT2D eigenvalue weighted by Crippen LogP contribution is -2.60. The SMILES string of the molecule is CC(C)C1=C(C(=O)Nc2ccccc2)[C@H](c2ccccc2)[C@H](c2ccc(F)cc2)N1CC[C@@H](O)C[C@@H](O)CC(=O)O[C@@H]1O[C@H](C(=O)O)[C@@H](O)[C@H](O)[C@H]1O. The first-order valence-corrected chi connectivity index (χ1v) is 17.4. The van der Waals surface area contributed by atoms with Crippen LogP contribution >= 0.6 is 0 Å². The second-order valence-electron chi connectivity index (χ2n) is 13.6. The summed E-state index contributed by atoms with van der Waals surface area (Å²) < 4.78 is 24.1. The Morgan fingerprint density at radius 2 is 1.47 bits per heavy atom. The number of carbonyl (C=O) groups is 3. The van der Waals surface area contributed by atoms with Crippen LogP contribution < -0.4 is 5.32 Å². The highest BCUT2D eigenvalue weighted by Gasteiger charge is 2.49. The van der Waals surface area contributed by atoms with E-state index in [4.69, 9.17) is 9.47 Å². The summed E-state index contributed by atoms with van der Waals surface area (Å²) in [4.78, 5) is 40.3. The number of ether oxygens (including phenoxy) is 2. The van der Waals surface area contributed by atoms with Crippen LogP contribution in [0.4, 0.5) is 10.1 Å².